The second-order valence-corrected chi connectivity index (χ2v) is 14.1. The summed E-state index contributed by atoms with van der Waals surface area (Å²) in [5.41, 5.74) is 14.8. The van der Waals surface area contributed by atoms with Crippen LogP contribution in [0.3, 0.4) is 0 Å². The molecule has 0 aromatic heterocycles. The van der Waals surface area contributed by atoms with Gasteiger partial charge in [0.25, 0.3) is 0 Å². The van der Waals surface area contributed by atoms with Crippen molar-refractivity contribution >= 4 is 15.9 Å². The molecule has 0 saturated heterocycles. The van der Waals surface area contributed by atoms with Crippen LogP contribution in [0.25, 0.3) is 23.3 Å². The Balaban J connectivity index is 0.000000212. The maximum absolute atomic E-state index is 3.50. The summed E-state index contributed by atoms with van der Waals surface area (Å²) in [6.07, 6.45) is 19.9. The second kappa shape index (κ2) is 13.3. The molecule has 0 unspecified atom stereocenters. The van der Waals surface area contributed by atoms with Crippen molar-refractivity contribution in [3.63, 3.8) is 0 Å². The Labute approximate surface area is 281 Å². The van der Waals surface area contributed by atoms with Gasteiger partial charge in [-0.3, -0.25) is 12.2 Å². The first-order chi connectivity index (χ1) is 18.9. The number of allylic oxidation sites excluding steroid dienone is 6. The average Bonchev–Trinajstić information content (AvgIpc) is 3.70. The van der Waals surface area contributed by atoms with Gasteiger partial charge in [-0.1, -0.05) is 83.6 Å². The predicted octanol–water partition coefficient (Wildman–Crippen LogP) is 3.78. The number of fused-ring (bicyclic) bond motifs is 5. The van der Waals surface area contributed by atoms with Crippen LogP contribution in [-0.2, 0) is 41.5 Å². The maximum atomic E-state index is 3.50. The minimum absolute atomic E-state index is 0. The number of halogens is 2. The molecule has 0 nitrogen and oxygen atoms in total. The van der Waals surface area contributed by atoms with Crippen molar-refractivity contribution in [1.82, 2.24) is 0 Å². The van der Waals surface area contributed by atoms with Gasteiger partial charge in [-0.2, -0.15) is 17.2 Å². The fourth-order valence-electron chi connectivity index (χ4n) is 5.87. The summed E-state index contributed by atoms with van der Waals surface area (Å²) in [6, 6.07) is 20.0. The number of hydrogen-bond donors (Lipinski definition) is 0. The third kappa shape index (κ3) is 7.18. The molecule has 4 aliphatic carbocycles. The van der Waals surface area contributed by atoms with Gasteiger partial charge < -0.3 is 24.8 Å². The van der Waals surface area contributed by atoms with Crippen LogP contribution in [0.15, 0.2) is 78.4 Å². The van der Waals surface area contributed by atoms with E-state index in [4.69, 9.17) is 0 Å². The van der Waals surface area contributed by atoms with E-state index in [2.05, 4.69) is 143 Å². The van der Waals surface area contributed by atoms with Crippen molar-refractivity contribution < 1.29 is 49.0 Å². The summed E-state index contributed by atoms with van der Waals surface area (Å²) in [6.45, 7) is 15.8. The van der Waals surface area contributed by atoms with E-state index < -0.39 is 0 Å². The molecule has 3 heteroatoms. The van der Waals surface area contributed by atoms with E-state index >= 15 is 0 Å². The Bertz CT molecular complexity index is 1500. The third-order valence-electron chi connectivity index (χ3n) is 8.39. The quantitative estimate of drug-likeness (QED) is 0.271. The number of rotatable bonds is 1. The molecule has 3 aromatic rings. The molecule has 0 fully saturated rings. The fourth-order valence-corrected chi connectivity index (χ4v) is 6.34. The topological polar surface area (TPSA) is 0 Å². The molecule has 216 valence electrons. The Morgan fingerprint density at radius 1 is 0.810 bits per heavy atom. The molecular formula is C39H40Cl2Zr-2. The molecule has 4 aliphatic rings. The van der Waals surface area contributed by atoms with E-state index in [1.165, 1.54) is 79.9 Å². The SMILES string of the molecule is CC(C)(C)C1=CC[C-]=C1.CC1(C)[C-]=Cc2cc3c(cc21)Cc1cc2c(cc1-3)C=CC2(C)C.[Cl-].[Cl-].[Zr+2]=[CH]c1ccccc1. The zero-order valence-corrected chi connectivity index (χ0v) is 29.8. The van der Waals surface area contributed by atoms with Crippen LogP contribution >= 0.6 is 0 Å². The van der Waals surface area contributed by atoms with Gasteiger partial charge in [-0.25, -0.2) is 12.2 Å². The molecule has 3 aromatic carbocycles. The van der Waals surface area contributed by atoms with E-state index in [1.807, 2.05) is 6.07 Å². The van der Waals surface area contributed by atoms with Crippen LogP contribution in [0.2, 0.25) is 0 Å². The van der Waals surface area contributed by atoms with Crippen LogP contribution in [0, 0.1) is 17.6 Å². The van der Waals surface area contributed by atoms with E-state index in [1.54, 1.807) is 0 Å². The fraction of sp³-hybridized carbons (Fsp3) is 0.308. The summed E-state index contributed by atoms with van der Waals surface area (Å²) in [4.78, 5) is 0. The van der Waals surface area contributed by atoms with Crippen molar-refractivity contribution in [3.05, 3.63) is 129 Å². The van der Waals surface area contributed by atoms with E-state index in [0.29, 0.717) is 5.41 Å². The Morgan fingerprint density at radius 3 is 1.95 bits per heavy atom. The van der Waals surface area contributed by atoms with E-state index in [0.717, 1.165) is 12.8 Å². The summed E-state index contributed by atoms with van der Waals surface area (Å²) in [7, 11) is 0. The van der Waals surface area contributed by atoms with Gasteiger partial charge in [0.2, 0.25) is 0 Å². The van der Waals surface area contributed by atoms with Gasteiger partial charge in [-0.05, 0) is 45.9 Å². The van der Waals surface area contributed by atoms with E-state index in [-0.39, 0.29) is 35.6 Å². The first-order valence-corrected chi connectivity index (χ1v) is 15.8. The average molecular weight is 671 g/mol. The van der Waals surface area contributed by atoms with Gasteiger partial charge in [0, 0.05) is 5.41 Å². The first kappa shape index (κ1) is 34.4. The van der Waals surface area contributed by atoms with Crippen LogP contribution in [0.1, 0.15) is 93.8 Å². The Morgan fingerprint density at radius 2 is 1.43 bits per heavy atom. The monoisotopic (exact) mass is 668 g/mol. The standard InChI is InChI=1S/C23H21.C9H13.C7H6.2ClH.Zr/c1-22(2)7-5-14-10-18-16(12-20(14)22)9-17-13-21-15(11-19(17)18)6-8-23(21,3)4;1-9(2,3)8-6-4-5-7-8;1-7-5-3-2-4-6-7;;;/h5-7,10-13H,9H2,1-4H3;6-7H,4H2,1-3H3;1-6H;2*1H;/q2*-1;;;;+2/p-2. The first-order valence-electron chi connectivity index (χ1n) is 14.4. The van der Waals surface area contributed by atoms with Crippen molar-refractivity contribution in [1.29, 1.82) is 0 Å². The summed E-state index contributed by atoms with van der Waals surface area (Å²) in [5, 5.41) is 0. The molecule has 0 bridgehead atoms. The molecule has 0 radical (unpaired) electrons. The van der Waals surface area contributed by atoms with Crippen LogP contribution in [0.5, 0.6) is 0 Å². The van der Waals surface area contributed by atoms with Gasteiger partial charge in [0.1, 0.15) is 0 Å². The van der Waals surface area contributed by atoms with Crippen LogP contribution in [0.4, 0.5) is 0 Å². The zero-order chi connectivity index (χ0) is 28.7. The molecule has 0 N–H and O–H groups in total. The summed E-state index contributed by atoms with van der Waals surface area (Å²) in [5.74, 6) is 0. The molecule has 0 amide bonds. The molecule has 0 atom stereocenters. The zero-order valence-electron chi connectivity index (χ0n) is 25.8. The molecule has 0 aliphatic heterocycles. The minimum atomic E-state index is 0. The van der Waals surface area contributed by atoms with Crippen molar-refractivity contribution in [2.75, 3.05) is 0 Å². The van der Waals surface area contributed by atoms with Crippen molar-refractivity contribution in [2.45, 2.75) is 72.1 Å². The molecule has 0 heterocycles. The Kier molecular flexibility index (Phi) is 10.9. The van der Waals surface area contributed by atoms with E-state index in [9.17, 15) is 0 Å². The molecule has 0 saturated carbocycles. The van der Waals surface area contributed by atoms with Gasteiger partial charge in [0.05, 0.1) is 0 Å². The predicted molar refractivity (Wildman–Crippen MR) is 169 cm³/mol. The van der Waals surface area contributed by atoms with Crippen LogP contribution < -0.4 is 24.8 Å². The molecular weight excluding hydrogens is 631 g/mol. The van der Waals surface area contributed by atoms with Crippen LogP contribution in [-0.4, -0.2) is 3.71 Å². The normalized spacial score (nSPS) is 16.7. The summed E-state index contributed by atoms with van der Waals surface area (Å²) >= 11 is 1.46. The van der Waals surface area contributed by atoms with Gasteiger partial charge >= 0.3 is 63.8 Å². The van der Waals surface area contributed by atoms with Gasteiger partial charge in [-0.15, -0.1) is 18.1 Å². The van der Waals surface area contributed by atoms with Crippen molar-refractivity contribution in [2.24, 2.45) is 5.41 Å². The molecule has 7 rings (SSSR count). The summed E-state index contributed by atoms with van der Waals surface area (Å²) < 4.78 is 2.17. The number of hydrogen-bond acceptors (Lipinski definition) is 0. The molecule has 42 heavy (non-hydrogen) atoms. The third-order valence-corrected chi connectivity index (χ3v) is 9.21. The number of benzene rings is 3. The second-order valence-electron chi connectivity index (χ2n) is 13.4. The molecule has 0 spiro atoms. The van der Waals surface area contributed by atoms with Crippen molar-refractivity contribution in [3.8, 4) is 11.1 Å². The van der Waals surface area contributed by atoms with Gasteiger partial charge in [0.15, 0.2) is 0 Å². The Hall–Kier alpha value is -2.05.